The Labute approximate surface area is 104 Å². The van der Waals surface area contributed by atoms with Crippen LogP contribution < -0.4 is 0 Å². The number of allylic oxidation sites excluding steroid dienone is 4. The highest BCUT2D eigenvalue weighted by atomic mass is 79.9. The SMILES string of the molecule is C=C/C(Br)=C\C1=C(C)C(O)c2ccccc21. The summed E-state index contributed by atoms with van der Waals surface area (Å²) >= 11 is 3.41. The predicted octanol–water partition coefficient (Wildman–Crippen LogP) is 3.97. The molecule has 1 unspecified atom stereocenters. The molecule has 2 rings (SSSR count). The van der Waals surface area contributed by atoms with E-state index in [0.717, 1.165) is 26.8 Å². The molecule has 0 heterocycles. The number of hydrogen-bond acceptors (Lipinski definition) is 1. The van der Waals surface area contributed by atoms with E-state index in [4.69, 9.17) is 0 Å². The topological polar surface area (TPSA) is 20.2 Å². The number of aliphatic hydroxyl groups is 1. The van der Waals surface area contributed by atoms with Gasteiger partial charge in [0, 0.05) is 4.48 Å². The molecule has 0 radical (unpaired) electrons. The smallest absolute Gasteiger partial charge is 0.101 e. The van der Waals surface area contributed by atoms with Crippen LogP contribution in [0.25, 0.3) is 5.57 Å². The first-order valence-corrected chi connectivity index (χ1v) is 5.92. The monoisotopic (exact) mass is 276 g/mol. The van der Waals surface area contributed by atoms with Gasteiger partial charge in [0.1, 0.15) is 6.10 Å². The fourth-order valence-electron chi connectivity index (χ4n) is 1.96. The fourth-order valence-corrected chi connectivity index (χ4v) is 2.19. The normalized spacial score (nSPS) is 19.9. The third-order valence-corrected chi connectivity index (χ3v) is 3.41. The molecule has 0 bridgehead atoms. The molecule has 16 heavy (non-hydrogen) atoms. The quantitative estimate of drug-likeness (QED) is 0.811. The summed E-state index contributed by atoms with van der Waals surface area (Å²) in [5.74, 6) is 0. The summed E-state index contributed by atoms with van der Waals surface area (Å²) in [5, 5.41) is 10.1. The maximum absolute atomic E-state index is 10.1. The average Bonchev–Trinajstić information content (AvgIpc) is 2.55. The number of fused-ring (bicyclic) bond motifs is 1. The Morgan fingerprint density at radius 1 is 1.44 bits per heavy atom. The van der Waals surface area contributed by atoms with Gasteiger partial charge in [-0.15, -0.1) is 0 Å². The summed E-state index contributed by atoms with van der Waals surface area (Å²) < 4.78 is 0.922. The van der Waals surface area contributed by atoms with Gasteiger partial charge >= 0.3 is 0 Å². The molecular weight excluding hydrogens is 264 g/mol. The van der Waals surface area contributed by atoms with E-state index in [2.05, 4.69) is 22.5 Å². The molecule has 1 aromatic rings. The third kappa shape index (κ3) is 1.79. The molecule has 1 aliphatic carbocycles. The lowest BCUT2D eigenvalue weighted by Crippen LogP contribution is -1.93. The second kappa shape index (κ2) is 4.40. The third-order valence-electron chi connectivity index (χ3n) is 2.86. The van der Waals surface area contributed by atoms with Gasteiger partial charge in [-0.3, -0.25) is 0 Å². The van der Waals surface area contributed by atoms with Crippen molar-refractivity contribution in [1.82, 2.24) is 0 Å². The van der Waals surface area contributed by atoms with E-state index in [-0.39, 0.29) is 0 Å². The van der Waals surface area contributed by atoms with Crippen molar-refractivity contribution in [2.75, 3.05) is 0 Å². The van der Waals surface area contributed by atoms with Crippen LogP contribution in [-0.4, -0.2) is 5.11 Å². The summed E-state index contributed by atoms with van der Waals surface area (Å²) in [7, 11) is 0. The van der Waals surface area contributed by atoms with Gasteiger partial charge in [0.05, 0.1) is 0 Å². The van der Waals surface area contributed by atoms with Crippen molar-refractivity contribution in [2.24, 2.45) is 0 Å². The molecular formula is C14H13BrO. The molecule has 0 amide bonds. The van der Waals surface area contributed by atoms with E-state index in [9.17, 15) is 5.11 Å². The molecule has 2 heteroatoms. The zero-order valence-electron chi connectivity index (χ0n) is 9.07. The number of benzene rings is 1. The first kappa shape index (κ1) is 11.4. The van der Waals surface area contributed by atoms with Crippen molar-refractivity contribution < 1.29 is 5.11 Å². The van der Waals surface area contributed by atoms with Crippen LogP contribution in [0.2, 0.25) is 0 Å². The van der Waals surface area contributed by atoms with Crippen LogP contribution >= 0.6 is 15.9 Å². The molecule has 0 saturated heterocycles. The highest BCUT2D eigenvalue weighted by Gasteiger charge is 2.25. The van der Waals surface area contributed by atoms with Gasteiger partial charge in [-0.2, -0.15) is 0 Å². The van der Waals surface area contributed by atoms with Crippen LogP contribution in [0.4, 0.5) is 0 Å². The zero-order chi connectivity index (χ0) is 11.7. The standard InChI is InChI=1S/C14H13BrO/c1-3-10(15)8-13-9(2)14(16)12-7-5-4-6-11(12)13/h3-8,14,16H,1H2,2H3/b10-8+. The summed E-state index contributed by atoms with van der Waals surface area (Å²) in [5.41, 5.74) is 4.15. The van der Waals surface area contributed by atoms with Crippen molar-refractivity contribution in [3.63, 3.8) is 0 Å². The van der Waals surface area contributed by atoms with Gasteiger partial charge in [0.25, 0.3) is 0 Å². The summed E-state index contributed by atoms with van der Waals surface area (Å²) in [4.78, 5) is 0. The zero-order valence-corrected chi connectivity index (χ0v) is 10.7. The van der Waals surface area contributed by atoms with Crippen LogP contribution in [0.1, 0.15) is 24.2 Å². The lowest BCUT2D eigenvalue weighted by atomic mass is 10.1. The van der Waals surface area contributed by atoms with Crippen LogP contribution in [0.15, 0.2) is 53.1 Å². The Morgan fingerprint density at radius 3 is 2.81 bits per heavy atom. The average molecular weight is 277 g/mol. The van der Waals surface area contributed by atoms with Crippen molar-refractivity contribution in [2.45, 2.75) is 13.0 Å². The first-order valence-electron chi connectivity index (χ1n) is 5.13. The van der Waals surface area contributed by atoms with Gasteiger partial charge in [-0.1, -0.05) is 52.9 Å². The molecule has 1 atom stereocenters. The van der Waals surface area contributed by atoms with Gasteiger partial charge in [-0.05, 0) is 35.3 Å². The van der Waals surface area contributed by atoms with Crippen LogP contribution in [0.3, 0.4) is 0 Å². The fraction of sp³-hybridized carbons (Fsp3) is 0.143. The molecule has 0 fully saturated rings. The number of aliphatic hydroxyl groups excluding tert-OH is 1. The molecule has 0 spiro atoms. The van der Waals surface area contributed by atoms with Crippen molar-refractivity contribution in [3.05, 3.63) is 64.2 Å². The van der Waals surface area contributed by atoms with Crippen molar-refractivity contribution in [1.29, 1.82) is 0 Å². The Hall–Kier alpha value is -1.12. The summed E-state index contributed by atoms with van der Waals surface area (Å²) in [6, 6.07) is 7.93. The minimum absolute atomic E-state index is 0.479. The van der Waals surface area contributed by atoms with E-state index in [1.165, 1.54) is 0 Å². The van der Waals surface area contributed by atoms with Gasteiger partial charge in [0.2, 0.25) is 0 Å². The molecule has 1 nitrogen and oxygen atoms in total. The molecule has 0 aliphatic heterocycles. The van der Waals surface area contributed by atoms with Crippen molar-refractivity contribution in [3.8, 4) is 0 Å². The minimum Gasteiger partial charge on any atom is -0.384 e. The summed E-state index contributed by atoms with van der Waals surface area (Å²) in [6.07, 6.45) is 3.26. The van der Waals surface area contributed by atoms with Gasteiger partial charge < -0.3 is 5.11 Å². The largest absolute Gasteiger partial charge is 0.384 e. The van der Waals surface area contributed by atoms with E-state index < -0.39 is 6.10 Å². The highest BCUT2D eigenvalue weighted by molar-refractivity contribution is 9.11. The number of halogens is 1. The molecule has 1 aromatic carbocycles. The highest BCUT2D eigenvalue weighted by Crippen LogP contribution is 2.41. The van der Waals surface area contributed by atoms with E-state index in [1.54, 1.807) is 6.08 Å². The first-order chi connectivity index (χ1) is 7.65. The maximum atomic E-state index is 10.1. The lowest BCUT2D eigenvalue weighted by Gasteiger charge is -2.04. The van der Waals surface area contributed by atoms with Gasteiger partial charge in [0.15, 0.2) is 0 Å². The van der Waals surface area contributed by atoms with Crippen LogP contribution in [0.5, 0.6) is 0 Å². The van der Waals surface area contributed by atoms with Crippen LogP contribution in [0, 0.1) is 0 Å². The van der Waals surface area contributed by atoms with Crippen molar-refractivity contribution >= 4 is 21.5 Å². The van der Waals surface area contributed by atoms with Crippen LogP contribution in [-0.2, 0) is 0 Å². The molecule has 82 valence electrons. The molecule has 1 aliphatic rings. The molecule has 1 N–H and O–H groups in total. The lowest BCUT2D eigenvalue weighted by molar-refractivity contribution is 0.220. The minimum atomic E-state index is -0.479. The second-order valence-corrected chi connectivity index (χ2v) is 4.74. The molecule has 0 aromatic heterocycles. The molecule has 0 saturated carbocycles. The second-order valence-electron chi connectivity index (χ2n) is 3.82. The maximum Gasteiger partial charge on any atom is 0.101 e. The van der Waals surface area contributed by atoms with E-state index in [1.807, 2.05) is 37.3 Å². The van der Waals surface area contributed by atoms with E-state index in [0.29, 0.717) is 0 Å². The predicted molar refractivity (Wildman–Crippen MR) is 71.2 cm³/mol. The Morgan fingerprint density at radius 2 is 2.12 bits per heavy atom. The Bertz CT molecular complexity index is 497. The van der Waals surface area contributed by atoms with E-state index >= 15 is 0 Å². The number of rotatable bonds is 2. The summed E-state index contributed by atoms with van der Waals surface area (Å²) in [6.45, 7) is 5.66. The van der Waals surface area contributed by atoms with Gasteiger partial charge in [-0.25, -0.2) is 0 Å². The Kier molecular flexibility index (Phi) is 3.13. The Balaban J connectivity index is 2.57. The number of hydrogen-bond donors (Lipinski definition) is 1.